The highest BCUT2D eigenvalue weighted by Crippen LogP contribution is 2.14. The predicted octanol–water partition coefficient (Wildman–Crippen LogP) is 3.51. The highest BCUT2D eigenvalue weighted by molar-refractivity contribution is 5.72. The molecule has 2 heterocycles. The van der Waals surface area contributed by atoms with E-state index in [1.807, 2.05) is 0 Å². The minimum absolute atomic E-state index is 1.10. The third-order valence-electron chi connectivity index (χ3n) is 5.32. The Labute approximate surface area is 154 Å². The number of fused-ring (bicyclic) bond motifs is 2. The van der Waals surface area contributed by atoms with Crippen LogP contribution < -0.4 is 9.13 Å². The Kier molecular flexibility index (Phi) is 4.74. The number of imidazole rings is 2. The van der Waals surface area contributed by atoms with Gasteiger partial charge in [0.2, 0.25) is 12.7 Å². The second-order valence-corrected chi connectivity index (χ2v) is 7.23. The van der Waals surface area contributed by atoms with E-state index in [1.165, 1.54) is 47.8 Å². The first-order valence-corrected chi connectivity index (χ1v) is 9.61. The van der Waals surface area contributed by atoms with Crippen molar-refractivity contribution in [2.45, 2.75) is 38.8 Å². The van der Waals surface area contributed by atoms with Crippen LogP contribution >= 0.6 is 0 Å². The molecule has 0 atom stereocenters. The maximum atomic E-state index is 2.38. The summed E-state index contributed by atoms with van der Waals surface area (Å²) in [5.41, 5.74) is 5.28. The summed E-state index contributed by atoms with van der Waals surface area (Å²) >= 11 is 0. The molecule has 0 aliphatic rings. The van der Waals surface area contributed by atoms with Crippen LogP contribution in [-0.2, 0) is 27.2 Å². The third kappa shape index (κ3) is 3.24. The van der Waals surface area contributed by atoms with Crippen molar-refractivity contribution < 1.29 is 9.13 Å². The van der Waals surface area contributed by atoms with Gasteiger partial charge < -0.3 is 0 Å². The van der Waals surface area contributed by atoms with Crippen LogP contribution in [0.3, 0.4) is 0 Å². The standard InChI is InChI=1S/C22H28N4/c1-23-17-25(21-13-7-5-11-19(21)23)15-9-3-4-10-16-26-18-24(2)20-12-6-8-14-22(20)26/h5-8,11-14,17-18H,3-4,9-10,15-16H2,1-2H3/q+2. The molecule has 0 saturated heterocycles. The molecule has 4 aromatic rings. The molecule has 2 aromatic heterocycles. The van der Waals surface area contributed by atoms with Crippen molar-refractivity contribution in [2.75, 3.05) is 0 Å². The van der Waals surface area contributed by atoms with Gasteiger partial charge in [-0.25, -0.2) is 18.3 Å². The Bertz CT molecular complexity index is 941. The normalized spacial score (nSPS) is 11.6. The Hall–Kier alpha value is -2.62. The number of aryl methyl sites for hydroxylation is 4. The van der Waals surface area contributed by atoms with Crippen molar-refractivity contribution in [3.63, 3.8) is 0 Å². The minimum atomic E-state index is 1.10. The lowest BCUT2D eigenvalue weighted by Gasteiger charge is -2.00. The summed E-state index contributed by atoms with van der Waals surface area (Å²) in [6, 6.07) is 17.3. The zero-order valence-electron chi connectivity index (χ0n) is 15.8. The molecular weight excluding hydrogens is 320 g/mol. The van der Waals surface area contributed by atoms with Crippen molar-refractivity contribution in [1.29, 1.82) is 0 Å². The lowest BCUT2D eigenvalue weighted by Crippen LogP contribution is -2.25. The Morgan fingerprint density at radius 3 is 1.50 bits per heavy atom. The van der Waals surface area contributed by atoms with Crippen LogP contribution in [-0.4, -0.2) is 9.13 Å². The van der Waals surface area contributed by atoms with E-state index in [0.29, 0.717) is 0 Å². The van der Waals surface area contributed by atoms with Gasteiger partial charge in [0.1, 0.15) is 0 Å². The van der Waals surface area contributed by atoms with Crippen molar-refractivity contribution in [1.82, 2.24) is 9.13 Å². The molecule has 0 unspecified atom stereocenters. The average Bonchev–Trinajstić information content (AvgIpc) is 3.16. The van der Waals surface area contributed by atoms with Gasteiger partial charge in [0.25, 0.3) is 0 Å². The van der Waals surface area contributed by atoms with Crippen LogP contribution in [0.5, 0.6) is 0 Å². The zero-order valence-corrected chi connectivity index (χ0v) is 15.8. The first-order valence-electron chi connectivity index (χ1n) is 9.61. The topological polar surface area (TPSA) is 17.6 Å². The molecule has 26 heavy (non-hydrogen) atoms. The zero-order chi connectivity index (χ0) is 17.9. The van der Waals surface area contributed by atoms with Crippen molar-refractivity contribution in [3.05, 3.63) is 61.2 Å². The van der Waals surface area contributed by atoms with Gasteiger partial charge in [-0.3, -0.25) is 0 Å². The quantitative estimate of drug-likeness (QED) is 0.359. The highest BCUT2D eigenvalue weighted by Gasteiger charge is 2.13. The number of benzene rings is 2. The molecular formula is C22H28N4+2. The molecule has 0 radical (unpaired) electrons. The molecule has 0 amide bonds. The van der Waals surface area contributed by atoms with Crippen molar-refractivity contribution in [3.8, 4) is 0 Å². The van der Waals surface area contributed by atoms with Gasteiger partial charge in [0.15, 0.2) is 22.1 Å². The number of hydrogen-bond acceptors (Lipinski definition) is 0. The van der Waals surface area contributed by atoms with E-state index in [1.54, 1.807) is 0 Å². The maximum Gasteiger partial charge on any atom is 0.244 e. The molecule has 4 nitrogen and oxygen atoms in total. The number of para-hydroxylation sites is 4. The van der Waals surface area contributed by atoms with Gasteiger partial charge in [-0.1, -0.05) is 24.3 Å². The summed E-state index contributed by atoms with van der Waals surface area (Å²) in [6.45, 7) is 2.20. The van der Waals surface area contributed by atoms with Crippen LogP contribution in [0.1, 0.15) is 25.7 Å². The average molecular weight is 348 g/mol. The van der Waals surface area contributed by atoms with E-state index < -0.39 is 0 Å². The van der Waals surface area contributed by atoms with Crippen LogP contribution in [0.4, 0.5) is 0 Å². The van der Waals surface area contributed by atoms with Crippen LogP contribution in [0.25, 0.3) is 22.1 Å². The second-order valence-electron chi connectivity index (χ2n) is 7.23. The van der Waals surface area contributed by atoms with Gasteiger partial charge in [0.05, 0.1) is 27.2 Å². The molecule has 0 saturated carbocycles. The molecule has 0 aliphatic carbocycles. The summed E-state index contributed by atoms with van der Waals surface area (Å²) in [5.74, 6) is 0. The third-order valence-corrected chi connectivity index (χ3v) is 5.32. The number of unbranched alkanes of at least 4 members (excludes halogenated alkanes) is 3. The molecule has 2 aromatic carbocycles. The van der Waals surface area contributed by atoms with E-state index in [9.17, 15) is 0 Å². The Morgan fingerprint density at radius 1 is 0.615 bits per heavy atom. The summed E-state index contributed by atoms with van der Waals surface area (Å²) < 4.78 is 9.20. The van der Waals surface area contributed by atoms with E-state index in [2.05, 4.69) is 93.5 Å². The van der Waals surface area contributed by atoms with Crippen molar-refractivity contribution >= 4 is 22.1 Å². The van der Waals surface area contributed by atoms with Crippen LogP contribution in [0.15, 0.2) is 61.2 Å². The second kappa shape index (κ2) is 7.32. The first kappa shape index (κ1) is 16.8. The molecule has 134 valence electrons. The molecule has 0 spiro atoms. The largest absolute Gasteiger partial charge is 0.244 e. The SMILES string of the molecule is C[n+]1cn(CCCCCCn2c[n+](C)c3ccccc32)c2ccccc21. The molecule has 0 bridgehead atoms. The summed E-state index contributed by atoms with van der Waals surface area (Å²) in [5, 5.41) is 0. The molecule has 4 rings (SSSR count). The van der Waals surface area contributed by atoms with Gasteiger partial charge in [-0.15, -0.1) is 0 Å². The number of nitrogens with zero attached hydrogens (tertiary/aromatic N) is 4. The lowest BCUT2D eigenvalue weighted by atomic mass is 10.2. The number of rotatable bonds is 7. The fourth-order valence-corrected chi connectivity index (χ4v) is 3.95. The van der Waals surface area contributed by atoms with E-state index >= 15 is 0 Å². The monoisotopic (exact) mass is 348 g/mol. The predicted molar refractivity (Wildman–Crippen MR) is 105 cm³/mol. The van der Waals surface area contributed by atoms with Crippen LogP contribution in [0.2, 0.25) is 0 Å². The number of aromatic nitrogens is 4. The first-order chi connectivity index (χ1) is 12.7. The van der Waals surface area contributed by atoms with Gasteiger partial charge in [0, 0.05) is 0 Å². The molecule has 0 aliphatic heterocycles. The van der Waals surface area contributed by atoms with Gasteiger partial charge >= 0.3 is 0 Å². The fraction of sp³-hybridized carbons (Fsp3) is 0.364. The summed E-state index contributed by atoms with van der Waals surface area (Å²) in [4.78, 5) is 0. The Balaban J connectivity index is 1.28. The number of hydrogen-bond donors (Lipinski definition) is 0. The van der Waals surface area contributed by atoms with Gasteiger partial charge in [-0.05, 0) is 49.9 Å². The van der Waals surface area contributed by atoms with E-state index in [4.69, 9.17) is 0 Å². The Morgan fingerprint density at radius 2 is 1.04 bits per heavy atom. The minimum Gasteiger partial charge on any atom is -0.233 e. The summed E-state index contributed by atoms with van der Waals surface area (Å²) in [6.07, 6.45) is 9.47. The molecule has 4 heteroatoms. The fourth-order valence-electron chi connectivity index (χ4n) is 3.95. The lowest BCUT2D eigenvalue weighted by molar-refractivity contribution is -0.645. The smallest absolute Gasteiger partial charge is 0.233 e. The summed E-state index contributed by atoms with van der Waals surface area (Å²) in [7, 11) is 4.25. The highest BCUT2D eigenvalue weighted by atomic mass is 15.1. The maximum absolute atomic E-state index is 2.38. The van der Waals surface area contributed by atoms with Crippen molar-refractivity contribution in [2.24, 2.45) is 14.1 Å². The van der Waals surface area contributed by atoms with E-state index in [-0.39, 0.29) is 0 Å². The van der Waals surface area contributed by atoms with E-state index in [0.717, 1.165) is 13.1 Å². The van der Waals surface area contributed by atoms with Gasteiger partial charge in [-0.2, -0.15) is 0 Å². The molecule has 0 N–H and O–H groups in total. The molecule has 0 fully saturated rings. The van der Waals surface area contributed by atoms with Crippen LogP contribution in [0, 0.1) is 0 Å².